The summed E-state index contributed by atoms with van der Waals surface area (Å²) in [4.78, 5) is 19.1. The molecular weight excluding hydrogens is 521 g/mol. The fraction of sp³-hybridized carbons (Fsp3) is 0.480. The maximum absolute atomic E-state index is 14.7. The van der Waals surface area contributed by atoms with Crippen LogP contribution in [0.2, 0.25) is 0 Å². The van der Waals surface area contributed by atoms with Crippen LogP contribution in [0.3, 0.4) is 0 Å². The quantitative estimate of drug-likeness (QED) is 0.537. The number of piperazine rings is 1. The van der Waals surface area contributed by atoms with Gasteiger partial charge in [-0.2, -0.15) is 0 Å². The first-order valence-electron chi connectivity index (χ1n) is 12.1. The van der Waals surface area contributed by atoms with Crippen molar-refractivity contribution in [3.63, 3.8) is 0 Å². The van der Waals surface area contributed by atoms with E-state index in [2.05, 4.69) is 0 Å². The molecule has 202 valence electrons. The minimum Gasteiger partial charge on any atom is -0.378 e. The van der Waals surface area contributed by atoms with E-state index in [1.807, 2.05) is 4.90 Å². The van der Waals surface area contributed by atoms with Gasteiger partial charge in [0.25, 0.3) is 5.91 Å². The van der Waals surface area contributed by atoms with Gasteiger partial charge in [0, 0.05) is 51.2 Å². The molecule has 2 aromatic carbocycles. The zero-order valence-corrected chi connectivity index (χ0v) is 22.8. The highest BCUT2D eigenvalue weighted by Gasteiger charge is 2.29. The maximum atomic E-state index is 14.7. The second kappa shape index (κ2) is 10.6. The Balaban J connectivity index is 1.58. The first-order valence-corrected chi connectivity index (χ1v) is 15.6. The lowest BCUT2D eigenvalue weighted by molar-refractivity contribution is 0.0745. The zero-order chi connectivity index (χ0) is 27.0. The third-order valence-corrected chi connectivity index (χ3v) is 10.0. The van der Waals surface area contributed by atoms with Crippen LogP contribution in [-0.4, -0.2) is 91.6 Å². The van der Waals surface area contributed by atoms with E-state index in [1.165, 1.54) is 18.2 Å². The number of hydrogen-bond donors (Lipinski definition) is 0. The number of hydrogen-bond acceptors (Lipinski definition) is 8. The number of rotatable bonds is 6. The lowest BCUT2D eigenvalue weighted by atomic mass is 10.1. The predicted octanol–water partition coefficient (Wildman–Crippen LogP) is 2.21. The van der Waals surface area contributed by atoms with Gasteiger partial charge < -0.3 is 19.4 Å². The number of morpholine rings is 1. The minimum atomic E-state index is -3.58. The molecule has 2 aliphatic heterocycles. The molecule has 0 radical (unpaired) electrons. The van der Waals surface area contributed by atoms with Crippen LogP contribution in [-0.2, 0) is 24.4 Å². The molecule has 0 atom stereocenters. The summed E-state index contributed by atoms with van der Waals surface area (Å²) >= 11 is 0. The van der Waals surface area contributed by atoms with E-state index in [1.54, 1.807) is 35.8 Å². The summed E-state index contributed by atoms with van der Waals surface area (Å²) in [6, 6.07) is 8.55. The van der Waals surface area contributed by atoms with Crippen LogP contribution in [0.5, 0.6) is 0 Å². The van der Waals surface area contributed by atoms with Crippen LogP contribution < -0.4 is 9.80 Å². The molecule has 2 aliphatic rings. The average Bonchev–Trinajstić information content (AvgIpc) is 2.88. The number of halogens is 1. The van der Waals surface area contributed by atoms with Gasteiger partial charge in [-0.25, -0.2) is 21.2 Å². The maximum Gasteiger partial charge on any atom is 0.256 e. The summed E-state index contributed by atoms with van der Waals surface area (Å²) in [7, 11) is -7.10. The standard InChI is InChI=1S/C25H32FN3O6S2/c1-18(2)37(33,34)20-5-6-23(28-12-14-35-15-13-28)21(16-20)25(30)29-10-8-27(9-11-29)24-7-4-19(17-22(24)26)36(3,31)32/h4-7,16-18H,8-15H2,1-3H3. The van der Waals surface area contributed by atoms with Gasteiger partial charge in [-0.15, -0.1) is 0 Å². The van der Waals surface area contributed by atoms with E-state index < -0.39 is 30.7 Å². The lowest BCUT2D eigenvalue weighted by Gasteiger charge is -2.37. The summed E-state index contributed by atoms with van der Waals surface area (Å²) in [6.45, 7) is 6.71. The number of carbonyl (C=O) groups is 1. The summed E-state index contributed by atoms with van der Waals surface area (Å²) in [5.41, 5.74) is 1.26. The van der Waals surface area contributed by atoms with Crippen LogP contribution in [0.15, 0.2) is 46.2 Å². The molecule has 0 saturated carbocycles. The fourth-order valence-electron chi connectivity index (χ4n) is 4.51. The van der Waals surface area contributed by atoms with Crippen molar-refractivity contribution in [2.45, 2.75) is 28.9 Å². The predicted molar refractivity (Wildman–Crippen MR) is 139 cm³/mol. The summed E-state index contributed by atoms with van der Waals surface area (Å²) in [5, 5.41) is -0.628. The molecule has 0 spiro atoms. The Morgan fingerprint density at radius 2 is 1.41 bits per heavy atom. The largest absolute Gasteiger partial charge is 0.378 e. The number of ether oxygens (including phenoxy) is 1. The molecule has 2 saturated heterocycles. The second-order valence-corrected chi connectivity index (χ2v) is 14.1. The van der Waals surface area contributed by atoms with E-state index in [-0.39, 0.29) is 21.4 Å². The molecule has 0 N–H and O–H groups in total. The molecule has 12 heteroatoms. The van der Waals surface area contributed by atoms with E-state index in [0.717, 1.165) is 12.3 Å². The first-order chi connectivity index (χ1) is 17.4. The first kappa shape index (κ1) is 27.3. The van der Waals surface area contributed by atoms with E-state index in [9.17, 15) is 26.0 Å². The van der Waals surface area contributed by atoms with Crippen molar-refractivity contribution in [3.05, 3.63) is 47.8 Å². The van der Waals surface area contributed by atoms with Crippen molar-refractivity contribution in [2.75, 3.05) is 68.5 Å². The van der Waals surface area contributed by atoms with Gasteiger partial charge in [0.2, 0.25) is 0 Å². The zero-order valence-electron chi connectivity index (χ0n) is 21.2. The van der Waals surface area contributed by atoms with Gasteiger partial charge >= 0.3 is 0 Å². The monoisotopic (exact) mass is 553 g/mol. The Morgan fingerprint density at radius 3 is 1.97 bits per heavy atom. The highest BCUT2D eigenvalue weighted by atomic mass is 32.2. The second-order valence-electron chi connectivity index (χ2n) is 9.54. The summed E-state index contributed by atoms with van der Waals surface area (Å²) < 4.78 is 69.3. The molecule has 4 rings (SSSR count). The van der Waals surface area contributed by atoms with Gasteiger partial charge in [-0.1, -0.05) is 0 Å². The Labute approximate surface area is 217 Å². The van der Waals surface area contributed by atoms with Crippen molar-refractivity contribution < 1.29 is 30.8 Å². The third kappa shape index (κ3) is 5.75. The number of sulfone groups is 2. The molecule has 2 aromatic rings. The number of anilines is 2. The van der Waals surface area contributed by atoms with Crippen molar-refractivity contribution >= 4 is 37.0 Å². The minimum absolute atomic E-state index is 0.0885. The van der Waals surface area contributed by atoms with Crippen LogP contribution in [0.4, 0.5) is 15.8 Å². The summed E-state index contributed by atoms with van der Waals surface area (Å²) in [5.74, 6) is -0.918. The third-order valence-electron chi connectivity index (χ3n) is 6.75. The fourth-order valence-corrected chi connectivity index (χ4v) is 6.23. The van der Waals surface area contributed by atoms with E-state index in [4.69, 9.17) is 4.74 Å². The Kier molecular flexibility index (Phi) is 7.82. The van der Waals surface area contributed by atoms with E-state index in [0.29, 0.717) is 63.7 Å². The SMILES string of the molecule is CC(C)S(=O)(=O)c1ccc(N2CCOCC2)c(C(=O)N2CCN(c3ccc(S(C)(=O)=O)cc3F)CC2)c1. The van der Waals surface area contributed by atoms with Crippen molar-refractivity contribution in [1.82, 2.24) is 4.90 Å². The molecule has 1 amide bonds. The van der Waals surface area contributed by atoms with Crippen molar-refractivity contribution in [1.29, 1.82) is 0 Å². The van der Waals surface area contributed by atoms with Gasteiger partial charge in [0.15, 0.2) is 19.7 Å². The lowest BCUT2D eigenvalue weighted by Crippen LogP contribution is -2.49. The molecule has 0 aliphatic carbocycles. The van der Waals surface area contributed by atoms with Crippen LogP contribution in [0.1, 0.15) is 24.2 Å². The van der Waals surface area contributed by atoms with Crippen LogP contribution in [0.25, 0.3) is 0 Å². The Morgan fingerprint density at radius 1 is 0.838 bits per heavy atom. The molecule has 0 aromatic heterocycles. The molecule has 9 nitrogen and oxygen atoms in total. The number of amides is 1. The molecule has 37 heavy (non-hydrogen) atoms. The number of benzene rings is 2. The van der Waals surface area contributed by atoms with Crippen molar-refractivity contribution in [2.24, 2.45) is 0 Å². The van der Waals surface area contributed by atoms with Crippen molar-refractivity contribution in [3.8, 4) is 0 Å². The number of nitrogens with zero attached hydrogens (tertiary/aromatic N) is 3. The highest BCUT2D eigenvalue weighted by Crippen LogP contribution is 2.29. The van der Waals surface area contributed by atoms with Gasteiger partial charge in [0.1, 0.15) is 5.82 Å². The van der Waals surface area contributed by atoms with Crippen LogP contribution in [0, 0.1) is 5.82 Å². The van der Waals surface area contributed by atoms with Gasteiger partial charge in [0.05, 0.1) is 39.5 Å². The molecule has 2 fully saturated rings. The van der Waals surface area contributed by atoms with Crippen LogP contribution >= 0.6 is 0 Å². The summed E-state index contributed by atoms with van der Waals surface area (Å²) in [6.07, 6.45) is 1.03. The molecule has 0 bridgehead atoms. The Bertz CT molecular complexity index is 1380. The highest BCUT2D eigenvalue weighted by molar-refractivity contribution is 7.92. The molecular formula is C25H32FN3O6S2. The number of carbonyl (C=O) groups excluding carboxylic acids is 1. The molecule has 2 heterocycles. The Hall–Kier alpha value is -2.70. The topological polar surface area (TPSA) is 104 Å². The van der Waals surface area contributed by atoms with Gasteiger partial charge in [-0.3, -0.25) is 4.79 Å². The molecule has 0 unspecified atom stereocenters. The van der Waals surface area contributed by atoms with E-state index >= 15 is 0 Å². The average molecular weight is 554 g/mol. The van der Waals surface area contributed by atoms with Gasteiger partial charge in [-0.05, 0) is 50.2 Å². The normalized spacial score (nSPS) is 17.4. The smallest absolute Gasteiger partial charge is 0.256 e.